The quantitative estimate of drug-likeness (QED) is 0.602. The highest BCUT2D eigenvalue weighted by Crippen LogP contribution is 2.29. The number of aromatic nitrogens is 1. The fourth-order valence-corrected chi connectivity index (χ4v) is 3.38. The molecule has 176 valence electrons. The Balaban J connectivity index is 2.17. The second-order valence-corrected chi connectivity index (χ2v) is 8.50. The first kappa shape index (κ1) is 25.1. The molecule has 1 aromatic carbocycles. The third-order valence-corrected chi connectivity index (χ3v) is 5.18. The Labute approximate surface area is 191 Å². The molecule has 0 fully saturated rings. The molecule has 0 radical (unpaired) electrons. The first-order valence-electron chi connectivity index (χ1n) is 10.8. The van der Waals surface area contributed by atoms with Crippen LogP contribution in [-0.2, 0) is 18.4 Å². The Morgan fingerprint density at radius 2 is 1.81 bits per heavy atom. The highest BCUT2D eigenvalue weighted by molar-refractivity contribution is 5.94. The molecule has 0 aliphatic rings. The molecule has 0 atom stereocenters. The summed E-state index contributed by atoms with van der Waals surface area (Å²) in [5, 5.41) is 2.87. The minimum Gasteiger partial charge on any atom is -0.497 e. The van der Waals surface area contributed by atoms with E-state index in [1.807, 2.05) is 48.7 Å². The average molecular weight is 445 g/mol. The van der Waals surface area contributed by atoms with Gasteiger partial charge in [0.1, 0.15) is 18.0 Å². The Morgan fingerprint density at radius 3 is 2.34 bits per heavy atom. The molecule has 0 spiro atoms. The van der Waals surface area contributed by atoms with Crippen molar-refractivity contribution >= 4 is 17.6 Å². The lowest BCUT2D eigenvalue weighted by molar-refractivity contribution is -0.133. The molecule has 0 bridgehead atoms. The van der Waals surface area contributed by atoms with Gasteiger partial charge in [-0.15, -0.1) is 0 Å². The van der Waals surface area contributed by atoms with Gasteiger partial charge in [0, 0.05) is 37.6 Å². The minimum absolute atomic E-state index is 0.0148. The van der Waals surface area contributed by atoms with E-state index >= 15 is 0 Å². The van der Waals surface area contributed by atoms with Crippen LogP contribution >= 0.6 is 0 Å². The lowest BCUT2D eigenvalue weighted by Crippen LogP contribution is -2.48. The molecule has 0 aliphatic heterocycles. The average Bonchev–Trinajstić information content (AvgIpc) is 3.15. The van der Waals surface area contributed by atoms with Crippen LogP contribution in [0.15, 0.2) is 36.5 Å². The van der Waals surface area contributed by atoms with Gasteiger partial charge < -0.3 is 29.2 Å². The molecule has 0 aliphatic carbocycles. The van der Waals surface area contributed by atoms with Crippen LogP contribution in [0.1, 0.15) is 33.4 Å². The second-order valence-electron chi connectivity index (χ2n) is 8.50. The smallest absolute Gasteiger partial charge is 0.322 e. The van der Waals surface area contributed by atoms with E-state index in [0.717, 1.165) is 5.69 Å². The summed E-state index contributed by atoms with van der Waals surface area (Å²) in [7, 11) is 5.06. The number of benzene rings is 1. The summed E-state index contributed by atoms with van der Waals surface area (Å²) in [6.07, 6.45) is 1.96. The molecule has 1 heterocycles. The van der Waals surface area contributed by atoms with Crippen LogP contribution in [0.3, 0.4) is 0 Å². The van der Waals surface area contributed by atoms with Gasteiger partial charge >= 0.3 is 6.03 Å². The summed E-state index contributed by atoms with van der Waals surface area (Å²) in [6, 6.07) is 8.60. The number of carbonyl (C=O) groups is 2. The number of hydrogen-bond donors (Lipinski definition) is 1. The van der Waals surface area contributed by atoms with Gasteiger partial charge in [0.15, 0.2) is 0 Å². The van der Waals surface area contributed by atoms with Crippen LogP contribution in [0.5, 0.6) is 11.5 Å². The van der Waals surface area contributed by atoms with E-state index < -0.39 is 0 Å². The summed E-state index contributed by atoms with van der Waals surface area (Å²) in [4.78, 5) is 29.7. The Morgan fingerprint density at radius 1 is 1.09 bits per heavy atom. The van der Waals surface area contributed by atoms with Crippen molar-refractivity contribution in [3.63, 3.8) is 0 Å². The summed E-state index contributed by atoms with van der Waals surface area (Å²) < 4.78 is 12.6. The summed E-state index contributed by atoms with van der Waals surface area (Å²) in [5.74, 6) is 1.33. The topological polar surface area (TPSA) is 76.0 Å². The van der Waals surface area contributed by atoms with Crippen LogP contribution in [0.2, 0.25) is 0 Å². The van der Waals surface area contributed by atoms with E-state index in [9.17, 15) is 9.59 Å². The van der Waals surface area contributed by atoms with Gasteiger partial charge in [0.05, 0.1) is 26.5 Å². The molecule has 3 amide bonds. The van der Waals surface area contributed by atoms with Gasteiger partial charge in [-0.3, -0.25) is 4.79 Å². The van der Waals surface area contributed by atoms with Crippen LogP contribution in [0, 0.1) is 5.92 Å². The predicted molar refractivity (Wildman–Crippen MR) is 126 cm³/mol. The van der Waals surface area contributed by atoms with Gasteiger partial charge in [-0.2, -0.15) is 0 Å². The molecule has 0 unspecified atom stereocenters. The maximum absolute atomic E-state index is 13.2. The van der Waals surface area contributed by atoms with E-state index in [0.29, 0.717) is 36.2 Å². The number of carbonyl (C=O) groups excluding carboxylic acids is 2. The van der Waals surface area contributed by atoms with Crippen molar-refractivity contribution in [3.05, 3.63) is 42.2 Å². The number of methoxy groups -OCH3 is 2. The van der Waals surface area contributed by atoms with E-state index in [4.69, 9.17) is 9.47 Å². The largest absolute Gasteiger partial charge is 0.497 e. The number of ether oxygens (including phenoxy) is 2. The first-order chi connectivity index (χ1) is 15.2. The summed E-state index contributed by atoms with van der Waals surface area (Å²) in [6.45, 7) is 9.04. The Bertz CT molecular complexity index is 907. The first-order valence-corrected chi connectivity index (χ1v) is 10.8. The van der Waals surface area contributed by atoms with Crippen LogP contribution < -0.4 is 14.8 Å². The second kappa shape index (κ2) is 11.5. The SMILES string of the molecule is COc1ccc(NC(=O)N(CC(=O)N(Cc2cccn2C)CC(C)C)C(C)C)c(OC)c1. The molecule has 8 heteroatoms. The van der Waals surface area contributed by atoms with Gasteiger partial charge in [0.25, 0.3) is 0 Å². The van der Waals surface area contributed by atoms with Crippen molar-refractivity contribution in [2.75, 3.05) is 32.6 Å². The maximum atomic E-state index is 13.2. The van der Waals surface area contributed by atoms with Crippen molar-refractivity contribution in [1.29, 1.82) is 0 Å². The lowest BCUT2D eigenvalue weighted by Gasteiger charge is -2.31. The molecule has 2 aromatic rings. The summed E-state index contributed by atoms with van der Waals surface area (Å²) in [5.41, 5.74) is 1.56. The third-order valence-electron chi connectivity index (χ3n) is 5.18. The van der Waals surface area contributed by atoms with E-state index in [-0.39, 0.29) is 24.5 Å². The molecule has 1 N–H and O–H groups in total. The molecule has 0 saturated heterocycles. The van der Waals surface area contributed by atoms with Crippen molar-refractivity contribution in [3.8, 4) is 11.5 Å². The van der Waals surface area contributed by atoms with Crippen molar-refractivity contribution in [1.82, 2.24) is 14.4 Å². The number of rotatable bonds is 10. The van der Waals surface area contributed by atoms with Gasteiger partial charge in [-0.05, 0) is 44.0 Å². The number of urea groups is 1. The summed E-state index contributed by atoms with van der Waals surface area (Å²) >= 11 is 0. The number of anilines is 1. The molecule has 1 aromatic heterocycles. The molecule has 32 heavy (non-hydrogen) atoms. The maximum Gasteiger partial charge on any atom is 0.322 e. The molecule has 2 rings (SSSR count). The molecular formula is C24H36N4O4. The number of nitrogens with one attached hydrogen (secondary N) is 1. The third kappa shape index (κ3) is 6.67. The standard InChI is InChI=1S/C24H36N4O4/c1-17(2)14-27(15-19-9-8-12-26(19)5)23(29)16-28(18(3)4)24(30)25-21-11-10-20(31-6)13-22(21)32-7/h8-13,17-18H,14-16H2,1-7H3,(H,25,30). The zero-order valence-electron chi connectivity index (χ0n) is 20.2. The fraction of sp³-hybridized carbons (Fsp3) is 0.500. The van der Waals surface area contributed by atoms with Crippen molar-refractivity contribution < 1.29 is 19.1 Å². The van der Waals surface area contributed by atoms with Crippen molar-refractivity contribution in [2.45, 2.75) is 40.3 Å². The number of nitrogens with zero attached hydrogens (tertiary/aromatic N) is 3. The zero-order chi connectivity index (χ0) is 23.8. The Kier molecular flexibility index (Phi) is 8.99. The van der Waals surface area contributed by atoms with Gasteiger partial charge in [-0.1, -0.05) is 13.8 Å². The van der Waals surface area contributed by atoms with Crippen LogP contribution in [0.25, 0.3) is 0 Å². The van der Waals surface area contributed by atoms with Crippen molar-refractivity contribution in [2.24, 2.45) is 13.0 Å². The minimum atomic E-state index is -0.361. The fourth-order valence-electron chi connectivity index (χ4n) is 3.38. The predicted octanol–water partition coefficient (Wildman–Crippen LogP) is 3.97. The van der Waals surface area contributed by atoms with Gasteiger partial charge in [-0.25, -0.2) is 4.79 Å². The molecular weight excluding hydrogens is 408 g/mol. The normalized spacial score (nSPS) is 10.9. The highest BCUT2D eigenvalue weighted by Gasteiger charge is 2.25. The van der Waals surface area contributed by atoms with E-state index in [1.54, 1.807) is 25.3 Å². The Hall–Kier alpha value is -3.16. The number of amides is 3. The molecule has 0 saturated carbocycles. The lowest BCUT2D eigenvalue weighted by atomic mass is 10.2. The van der Waals surface area contributed by atoms with Gasteiger partial charge in [0.2, 0.25) is 5.91 Å². The number of hydrogen-bond acceptors (Lipinski definition) is 4. The number of aryl methyl sites for hydroxylation is 1. The van der Waals surface area contributed by atoms with Crippen LogP contribution in [0.4, 0.5) is 10.5 Å². The monoisotopic (exact) mass is 444 g/mol. The highest BCUT2D eigenvalue weighted by atomic mass is 16.5. The molecule has 8 nitrogen and oxygen atoms in total. The van der Waals surface area contributed by atoms with Crippen LogP contribution in [-0.4, -0.2) is 59.7 Å². The van der Waals surface area contributed by atoms with E-state index in [1.165, 1.54) is 12.0 Å². The van der Waals surface area contributed by atoms with E-state index in [2.05, 4.69) is 19.2 Å². The zero-order valence-corrected chi connectivity index (χ0v) is 20.2.